The summed E-state index contributed by atoms with van der Waals surface area (Å²) in [6.45, 7) is 2.07. The summed E-state index contributed by atoms with van der Waals surface area (Å²) in [5, 5.41) is 4.04. The van der Waals surface area contributed by atoms with E-state index >= 15 is 0 Å². The number of benzene rings is 3. The molecule has 0 radical (unpaired) electrons. The second-order valence-electron chi connectivity index (χ2n) is 9.51. The van der Waals surface area contributed by atoms with Crippen LogP contribution in [0.5, 0.6) is 0 Å². The highest BCUT2D eigenvalue weighted by Gasteiger charge is 2.30. The van der Waals surface area contributed by atoms with Gasteiger partial charge in [0.15, 0.2) is 0 Å². The van der Waals surface area contributed by atoms with E-state index in [1.165, 1.54) is 0 Å². The molecule has 36 heavy (non-hydrogen) atoms. The third-order valence-corrected chi connectivity index (χ3v) is 7.73. The lowest BCUT2D eigenvalue weighted by Crippen LogP contribution is -2.49. The van der Waals surface area contributed by atoms with Crippen molar-refractivity contribution in [1.82, 2.24) is 10.2 Å². The smallest absolute Gasteiger partial charge is 0.242 e. The summed E-state index contributed by atoms with van der Waals surface area (Å²) in [6.07, 6.45) is 4.48. The van der Waals surface area contributed by atoms with Gasteiger partial charge in [0.2, 0.25) is 11.8 Å². The Morgan fingerprint density at radius 1 is 0.889 bits per heavy atom. The maximum Gasteiger partial charge on any atom is 0.242 e. The first-order valence-corrected chi connectivity index (χ1v) is 13.3. The normalized spacial score (nSPS) is 14.6. The molecule has 0 aliphatic heterocycles. The fourth-order valence-corrected chi connectivity index (χ4v) is 5.22. The minimum atomic E-state index is -0.625. The van der Waals surface area contributed by atoms with Crippen LogP contribution in [0.3, 0.4) is 0 Å². The molecule has 4 rings (SSSR count). The Kier molecular flexibility index (Phi) is 9.06. The van der Waals surface area contributed by atoms with Gasteiger partial charge in [0.25, 0.3) is 0 Å². The summed E-state index contributed by atoms with van der Waals surface area (Å²) in [5.74, 6) is -0.333. The average molecular weight is 524 g/mol. The molecule has 0 spiro atoms. The SMILES string of the molecule is CC(C(=O)NC1CCCC1)N(Cc1ccc(Cl)c(Cl)c1)C(=O)CC(c1ccccc1)c1ccccc1. The van der Waals surface area contributed by atoms with Crippen molar-refractivity contribution in [3.8, 4) is 0 Å². The Bertz CT molecular complexity index is 1120. The molecule has 1 aliphatic rings. The number of carbonyl (C=O) groups excluding carboxylic acids is 2. The Morgan fingerprint density at radius 3 is 2.03 bits per heavy atom. The van der Waals surface area contributed by atoms with Gasteiger partial charge in [-0.15, -0.1) is 0 Å². The van der Waals surface area contributed by atoms with Crippen LogP contribution in [-0.4, -0.2) is 28.8 Å². The van der Waals surface area contributed by atoms with Crippen LogP contribution < -0.4 is 5.32 Å². The first-order chi connectivity index (χ1) is 17.4. The third kappa shape index (κ3) is 6.68. The van der Waals surface area contributed by atoms with E-state index in [4.69, 9.17) is 23.2 Å². The van der Waals surface area contributed by atoms with Crippen molar-refractivity contribution in [3.05, 3.63) is 106 Å². The number of carbonyl (C=O) groups is 2. The van der Waals surface area contributed by atoms with Gasteiger partial charge in [-0.3, -0.25) is 9.59 Å². The number of halogens is 2. The zero-order valence-corrected chi connectivity index (χ0v) is 22.0. The van der Waals surface area contributed by atoms with E-state index in [0.29, 0.717) is 10.0 Å². The van der Waals surface area contributed by atoms with Gasteiger partial charge in [-0.25, -0.2) is 0 Å². The van der Waals surface area contributed by atoms with Crippen molar-refractivity contribution < 1.29 is 9.59 Å². The Hall–Kier alpha value is -2.82. The van der Waals surface area contributed by atoms with Crippen molar-refractivity contribution in [2.24, 2.45) is 0 Å². The fraction of sp³-hybridized carbons (Fsp3) is 0.333. The van der Waals surface area contributed by atoms with E-state index < -0.39 is 6.04 Å². The molecule has 1 unspecified atom stereocenters. The number of hydrogen-bond acceptors (Lipinski definition) is 2. The minimum Gasteiger partial charge on any atom is -0.352 e. The summed E-state index contributed by atoms with van der Waals surface area (Å²) in [4.78, 5) is 28.8. The number of nitrogens with one attached hydrogen (secondary N) is 1. The molecule has 1 aliphatic carbocycles. The van der Waals surface area contributed by atoms with Gasteiger partial charge in [-0.1, -0.05) is 103 Å². The van der Waals surface area contributed by atoms with Crippen LogP contribution in [0.1, 0.15) is 61.6 Å². The summed E-state index contributed by atoms with van der Waals surface area (Å²) >= 11 is 12.4. The quantitative estimate of drug-likeness (QED) is 0.329. The van der Waals surface area contributed by atoms with Crippen LogP contribution in [0.25, 0.3) is 0 Å². The van der Waals surface area contributed by atoms with Crippen molar-refractivity contribution in [2.75, 3.05) is 0 Å². The second-order valence-corrected chi connectivity index (χ2v) is 10.3. The average Bonchev–Trinajstić information content (AvgIpc) is 3.41. The van der Waals surface area contributed by atoms with E-state index in [2.05, 4.69) is 5.32 Å². The van der Waals surface area contributed by atoms with E-state index in [-0.39, 0.29) is 36.7 Å². The van der Waals surface area contributed by atoms with Gasteiger partial charge in [-0.05, 0) is 48.6 Å². The van der Waals surface area contributed by atoms with Gasteiger partial charge in [0, 0.05) is 24.9 Å². The maximum atomic E-state index is 13.9. The van der Waals surface area contributed by atoms with Gasteiger partial charge >= 0.3 is 0 Å². The van der Waals surface area contributed by atoms with E-state index in [9.17, 15) is 9.59 Å². The van der Waals surface area contributed by atoms with E-state index in [1.54, 1.807) is 24.0 Å². The molecule has 6 heteroatoms. The molecule has 2 amide bonds. The largest absolute Gasteiger partial charge is 0.352 e. The van der Waals surface area contributed by atoms with Crippen LogP contribution in [-0.2, 0) is 16.1 Å². The first kappa shape index (κ1) is 26.2. The van der Waals surface area contributed by atoms with Gasteiger partial charge in [0.1, 0.15) is 6.04 Å². The topological polar surface area (TPSA) is 49.4 Å². The summed E-state index contributed by atoms with van der Waals surface area (Å²) < 4.78 is 0. The highest BCUT2D eigenvalue weighted by atomic mass is 35.5. The molecule has 0 saturated heterocycles. The van der Waals surface area contributed by atoms with Crippen LogP contribution in [0.4, 0.5) is 0 Å². The molecule has 1 saturated carbocycles. The summed E-state index contributed by atoms with van der Waals surface area (Å²) in [5.41, 5.74) is 2.96. The molecule has 0 aromatic heterocycles. The number of hydrogen-bond donors (Lipinski definition) is 1. The lowest BCUT2D eigenvalue weighted by Gasteiger charge is -2.31. The van der Waals surface area contributed by atoms with Crippen molar-refractivity contribution >= 4 is 35.0 Å². The monoisotopic (exact) mass is 522 g/mol. The van der Waals surface area contributed by atoms with E-state index in [0.717, 1.165) is 42.4 Å². The minimum absolute atomic E-state index is 0.0900. The Morgan fingerprint density at radius 2 is 1.47 bits per heavy atom. The molecular formula is C30H32Cl2N2O2. The number of nitrogens with zero attached hydrogens (tertiary/aromatic N) is 1. The molecule has 3 aromatic carbocycles. The Balaban J connectivity index is 1.61. The predicted octanol–water partition coefficient (Wildman–Crippen LogP) is 6.99. The lowest BCUT2D eigenvalue weighted by molar-refractivity contribution is -0.141. The molecule has 1 atom stereocenters. The third-order valence-electron chi connectivity index (χ3n) is 6.99. The molecule has 1 N–H and O–H groups in total. The van der Waals surface area contributed by atoms with Crippen molar-refractivity contribution in [1.29, 1.82) is 0 Å². The predicted molar refractivity (Wildman–Crippen MR) is 146 cm³/mol. The summed E-state index contributed by atoms with van der Waals surface area (Å²) in [6, 6.07) is 25.0. The van der Waals surface area contributed by atoms with Crippen LogP contribution >= 0.6 is 23.2 Å². The van der Waals surface area contributed by atoms with Gasteiger partial charge < -0.3 is 10.2 Å². The highest BCUT2D eigenvalue weighted by Crippen LogP contribution is 2.30. The van der Waals surface area contributed by atoms with Crippen molar-refractivity contribution in [2.45, 2.75) is 63.6 Å². The number of rotatable bonds is 9. The number of amides is 2. The van der Waals surface area contributed by atoms with Crippen LogP contribution in [0.2, 0.25) is 10.0 Å². The fourth-order valence-electron chi connectivity index (χ4n) is 4.90. The maximum absolute atomic E-state index is 13.9. The lowest BCUT2D eigenvalue weighted by atomic mass is 9.88. The second kappa shape index (κ2) is 12.4. The molecule has 3 aromatic rings. The highest BCUT2D eigenvalue weighted by molar-refractivity contribution is 6.42. The van der Waals surface area contributed by atoms with Crippen LogP contribution in [0, 0.1) is 0 Å². The van der Waals surface area contributed by atoms with E-state index in [1.807, 2.05) is 66.7 Å². The standard InChI is InChI=1S/C30H32Cl2N2O2/c1-21(30(36)33-25-14-8-9-15-25)34(20-22-16-17-27(31)28(32)18-22)29(35)19-26(23-10-4-2-5-11-23)24-12-6-3-7-13-24/h2-7,10-13,16-18,21,25-26H,8-9,14-15,19-20H2,1H3,(H,33,36). The van der Waals surface area contributed by atoms with Crippen LogP contribution in [0.15, 0.2) is 78.9 Å². The molecular weight excluding hydrogens is 491 g/mol. The zero-order chi connectivity index (χ0) is 25.5. The molecule has 0 heterocycles. The zero-order valence-electron chi connectivity index (χ0n) is 20.5. The van der Waals surface area contributed by atoms with Crippen molar-refractivity contribution in [3.63, 3.8) is 0 Å². The van der Waals surface area contributed by atoms with Gasteiger partial charge in [-0.2, -0.15) is 0 Å². The Labute approximate surface area is 223 Å². The summed E-state index contributed by atoms with van der Waals surface area (Å²) in [7, 11) is 0. The molecule has 0 bridgehead atoms. The molecule has 1 fully saturated rings. The molecule has 4 nitrogen and oxygen atoms in total. The first-order valence-electron chi connectivity index (χ1n) is 12.6. The van der Waals surface area contributed by atoms with Gasteiger partial charge in [0.05, 0.1) is 10.0 Å². The molecule has 188 valence electrons.